The van der Waals surface area contributed by atoms with Crippen LogP contribution in [0.5, 0.6) is 0 Å². The van der Waals surface area contributed by atoms with Gasteiger partial charge in [0.2, 0.25) is 0 Å². The molecular formula is C26H34O3. The van der Waals surface area contributed by atoms with E-state index in [1.54, 1.807) is 0 Å². The lowest BCUT2D eigenvalue weighted by atomic mass is 9.92. The van der Waals surface area contributed by atoms with Gasteiger partial charge in [-0.3, -0.25) is 0 Å². The second-order valence-electron chi connectivity index (χ2n) is 9.31. The first-order valence-electron chi connectivity index (χ1n) is 11.1. The van der Waals surface area contributed by atoms with Crippen molar-refractivity contribution in [2.24, 2.45) is 11.8 Å². The molecule has 156 valence electrons. The summed E-state index contributed by atoms with van der Waals surface area (Å²) in [7, 11) is 0. The second kappa shape index (κ2) is 8.99. The number of benzene rings is 2. The average Bonchev–Trinajstić information content (AvgIpc) is 3.57. The Hall–Kier alpha value is -1.68. The number of hydrogen-bond donors (Lipinski definition) is 0. The van der Waals surface area contributed by atoms with Gasteiger partial charge in [0, 0.05) is 0 Å². The number of hydrogen-bond acceptors (Lipinski definition) is 3. The van der Waals surface area contributed by atoms with E-state index in [0.29, 0.717) is 11.8 Å². The first kappa shape index (κ1) is 20.6. The molecular weight excluding hydrogens is 360 g/mol. The Morgan fingerprint density at radius 2 is 1.10 bits per heavy atom. The standard InChI is InChI=1S/C26H34O3/c1-17(2)13-19-9-5-7-11-21(19)25(23-15-27-23)29-26(24-16-28-24)22-12-8-6-10-20(22)14-18(3)4/h5-12,17-18,23-26H,13-16H2,1-4H3. The van der Waals surface area contributed by atoms with Crippen molar-refractivity contribution in [3.05, 3.63) is 70.8 Å². The quantitative estimate of drug-likeness (QED) is 0.486. The van der Waals surface area contributed by atoms with Crippen molar-refractivity contribution >= 4 is 0 Å². The minimum atomic E-state index is -0.0498. The fourth-order valence-corrected chi connectivity index (χ4v) is 4.22. The zero-order valence-corrected chi connectivity index (χ0v) is 18.1. The average molecular weight is 395 g/mol. The summed E-state index contributed by atoms with van der Waals surface area (Å²) in [4.78, 5) is 0. The largest absolute Gasteiger partial charge is 0.370 e. The summed E-state index contributed by atoms with van der Waals surface area (Å²) in [6.07, 6.45) is 2.29. The maximum absolute atomic E-state index is 6.87. The molecule has 0 radical (unpaired) electrons. The third-order valence-corrected chi connectivity index (χ3v) is 5.67. The Bertz CT molecular complexity index is 738. The SMILES string of the molecule is CC(C)Cc1ccccc1C(OC(c1ccccc1CC(C)C)C1CO1)C1CO1. The molecule has 0 aliphatic carbocycles. The molecule has 4 atom stereocenters. The van der Waals surface area contributed by atoms with Crippen molar-refractivity contribution in [3.8, 4) is 0 Å². The molecule has 2 aromatic carbocycles. The molecule has 29 heavy (non-hydrogen) atoms. The maximum Gasteiger partial charge on any atom is 0.112 e. The van der Waals surface area contributed by atoms with Gasteiger partial charge in [0.05, 0.1) is 13.2 Å². The third kappa shape index (κ3) is 5.28. The van der Waals surface area contributed by atoms with Gasteiger partial charge in [0.25, 0.3) is 0 Å². The molecule has 2 aromatic rings. The van der Waals surface area contributed by atoms with Crippen LogP contribution in [0.3, 0.4) is 0 Å². The maximum atomic E-state index is 6.87. The van der Waals surface area contributed by atoms with Crippen LogP contribution < -0.4 is 0 Å². The predicted molar refractivity (Wildman–Crippen MR) is 116 cm³/mol. The van der Waals surface area contributed by atoms with Gasteiger partial charge in [0.1, 0.15) is 24.4 Å². The van der Waals surface area contributed by atoms with Crippen LogP contribution in [0.4, 0.5) is 0 Å². The molecule has 3 nitrogen and oxygen atoms in total. The molecule has 2 saturated heterocycles. The lowest BCUT2D eigenvalue weighted by molar-refractivity contribution is -0.0427. The summed E-state index contributed by atoms with van der Waals surface area (Å²) < 4.78 is 18.4. The highest BCUT2D eigenvalue weighted by molar-refractivity contribution is 5.34. The molecule has 2 aliphatic rings. The van der Waals surface area contributed by atoms with E-state index in [0.717, 1.165) is 26.1 Å². The lowest BCUT2D eigenvalue weighted by Gasteiger charge is -2.27. The van der Waals surface area contributed by atoms with Gasteiger partial charge in [-0.15, -0.1) is 0 Å². The van der Waals surface area contributed by atoms with E-state index in [2.05, 4.69) is 76.2 Å². The van der Waals surface area contributed by atoms with E-state index in [4.69, 9.17) is 14.2 Å². The fourth-order valence-electron chi connectivity index (χ4n) is 4.22. The number of epoxide rings is 2. The molecule has 0 saturated carbocycles. The highest BCUT2D eigenvalue weighted by atomic mass is 16.6. The Morgan fingerprint density at radius 1 is 0.724 bits per heavy atom. The third-order valence-electron chi connectivity index (χ3n) is 5.67. The Kier molecular flexibility index (Phi) is 6.38. The molecule has 4 rings (SSSR count). The second-order valence-corrected chi connectivity index (χ2v) is 9.31. The zero-order chi connectivity index (χ0) is 20.4. The van der Waals surface area contributed by atoms with Crippen molar-refractivity contribution in [3.63, 3.8) is 0 Å². The minimum Gasteiger partial charge on any atom is -0.370 e. The molecule has 0 spiro atoms. The van der Waals surface area contributed by atoms with E-state index in [1.807, 2.05) is 0 Å². The smallest absolute Gasteiger partial charge is 0.112 e. The Balaban J connectivity index is 1.64. The van der Waals surface area contributed by atoms with Gasteiger partial charge in [-0.1, -0.05) is 76.2 Å². The first-order valence-corrected chi connectivity index (χ1v) is 11.1. The topological polar surface area (TPSA) is 34.3 Å². The lowest BCUT2D eigenvalue weighted by Crippen LogP contribution is -2.21. The fraction of sp³-hybridized carbons (Fsp3) is 0.538. The molecule has 2 fully saturated rings. The monoisotopic (exact) mass is 394 g/mol. The van der Waals surface area contributed by atoms with E-state index in [1.165, 1.54) is 22.3 Å². The minimum absolute atomic E-state index is 0.0498. The summed E-state index contributed by atoms with van der Waals surface area (Å²) >= 11 is 0. The summed E-state index contributed by atoms with van der Waals surface area (Å²) in [6.45, 7) is 10.6. The van der Waals surface area contributed by atoms with Crippen LogP contribution in [-0.4, -0.2) is 25.4 Å². The van der Waals surface area contributed by atoms with E-state index < -0.39 is 0 Å². The van der Waals surface area contributed by atoms with Crippen LogP contribution in [0.15, 0.2) is 48.5 Å². The van der Waals surface area contributed by atoms with E-state index in [9.17, 15) is 0 Å². The summed E-state index contributed by atoms with van der Waals surface area (Å²) in [5, 5.41) is 0. The van der Waals surface area contributed by atoms with Crippen LogP contribution in [0.1, 0.15) is 62.2 Å². The predicted octanol–water partition coefficient (Wildman–Crippen LogP) is 5.68. The first-order chi connectivity index (χ1) is 14.0. The zero-order valence-electron chi connectivity index (χ0n) is 18.1. The van der Waals surface area contributed by atoms with Crippen molar-refractivity contribution in [2.45, 2.75) is 65.0 Å². The van der Waals surface area contributed by atoms with Crippen LogP contribution in [0.25, 0.3) is 0 Å². The van der Waals surface area contributed by atoms with Gasteiger partial charge in [-0.25, -0.2) is 0 Å². The highest BCUT2D eigenvalue weighted by Crippen LogP contribution is 2.42. The van der Waals surface area contributed by atoms with Crippen molar-refractivity contribution in [1.29, 1.82) is 0 Å². The number of rotatable bonds is 10. The molecule has 0 amide bonds. The van der Waals surface area contributed by atoms with Crippen LogP contribution >= 0.6 is 0 Å². The highest BCUT2D eigenvalue weighted by Gasteiger charge is 2.43. The van der Waals surface area contributed by atoms with Gasteiger partial charge in [-0.2, -0.15) is 0 Å². The van der Waals surface area contributed by atoms with E-state index in [-0.39, 0.29) is 24.4 Å². The van der Waals surface area contributed by atoms with Crippen LogP contribution in [-0.2, 0) is 27.1 Å². The Morgan fingerprint density at radius 3 is 1.45 bits per heavy atom. The summed E-state index contributed by atoms with van der Waals surface area (Å²) in [6, 6.07) is 17.4. The van der Waals surface area contributed by atoms with Crippen LogP contribution in [0, 0.1) is 11.8 Å². The van der Waals surface area contributed by atoms with E-state index >= 15 is 0 Å². The Labute approximate surface area is 175 Å². The van der Waals surface area contributed by atoms with Crippen LogP contribution in [0.2, 0.25) is 0 Å². The van der Waals surface area contributed by atoms with Gasteiger partial charge in [0.15, 0.2) is 0 Å². The molecule has 0 bridgehead atoms. The molecule has 0 aromatic heterocycles. The number of ether oxygens (including phenoxy) is 3. The normalized spacial score (nSPS) is 22.7. The molecule has 0 N–H and O–H groups in total. The molecule has 2 heterocycles. The van der Waals surface area contributed by atoms with Gasteiger partial charge in [-0.05, 0) is 46.9 Å². The molecule has 4 unspecified atom stereocenters. The van der Waals surface area contributed by atoms with Gasteiger partial charge >= 0.3 is 0 Å². The molecule has 2 aliphatic heterocycles. The summed E-state index contributed by atoms with van der Waals surface area (Å²) in [5.41, 5.74) is 5.29. The van der Waals surface area contributed by atoms with Gasteiger partial charge < -0.3 is 14.2 Å². The van der Waals surface area contributed by atoms with Crippen molar-refractivity contribution < 1.29 is 14.2 Å². The molecule has 3 heteroatoms. The van der Waals surface area contributed by atoms with Crippen molar-refractivity contribution in [2.75, 3.05) is 13.2 Å². The summed E-state index contributed by atoms with van der Waals surface area (Å²) in [5.74, 6) is 1.21. The van der Waals surface area contributed by atoms with Crippen molar-refractivity contribution in [1.82, 2.24) is 0 Å².